The van der Waals surface area contributed by atoms with Crippen LogP contribution in [0.2, 0.25) is 0 Å². The van der Waals surface area contributed by atoms with Gasteiger partial charge in [0.15, 0.2) is 5.96 Å². The Morgan fingerprint density at radius 2 is 2.28 bits per heavy atom. The lowest BCUT2D eigenvalue weighted by Crippen LogP contribution is -2.44. The molecule has 1 saturated heterocycles. The normalized spacial score (nSPS) is 18.6. The van der Waals surface area contributed by atoms with E-state index >= 15 is 0 Å². The average molecular weight is 525 g/mol. The summed E-state index contributed by atoms with van der Waals surface area (Å²) in [6.07, 6.45) is 1.18. The molecule has 7 heteroatoms. The number of ether oxygens (including phenoxy) is 1. The van der Waals surface area contributed by atoms with Crippen LogP contribution < -0.4 is 15.5 Å². The standard InChI is InChI=1S/C18H29BrN4O.HI/c1-4-20-18(22-14(2)13-24-3)21-11-15-8-9-23(12-15)17-7-5-6-16(19)10-17;/h5-7,10,14-15H,4,8-9,11-13H2,1-3H3,(H2,20,21,22);1H. The highest BCUT2D eigenvalue weighted by atomic mass is 127. The predicted octanol–water partition coefficient (Wildman–Crippen LogP) is 3.48. The number of guanidine groups is 1. The molecule has 2 atom stereocenters. The van der Waals surface area contributed by atoms with Gasteiger partial charge in [-0.2, -0.15) is 0 Å². The van der Waals surface area contributed by atoms with Crippen LogP contribution in [-0.2, 0) is 4.74 Å². The van der Waals surface area contributed by atoms with Crippen molar-refractivity contribution < 1.29 is 4.74 Å². The van der Waals surface area contributed by atoms with Gasteiger partial charge in [0.2, 0.25) is 0 Å². The average Bonchev–Trinajstić information content (AvgIpc) is 3.02. The maximum atomic E-state index is 5.18. The molecule has 25 heavy (non-hydrogen) atoms. The molecule has 1 heterocycles. The number of hydrogen-bond acceptors (Lipinski definition) is 3. The van der Waals surface area contributed by atoms with Crippen LogP contribution in [0.3, 0.4) is 0 Å². The second-order valence-electron chi connectivity index (χ2n) is 6.30. The summed E-state index contributed by atoms with van der Waals surface area (Å²) in [5, 5.41) is 6.70. The molecule has 1 aliphatic heterocycles. The third kappa shape index (κ3) is 7.70. The summed E-state index contributed by atoms with van der Waals surface area (Å²) < 4.78 is 6.31. The van der Waals surface area contributed by atoms with Crippen molar-refractivity contribution in [2.45, 2.75) is 26.3 Å². The molecule has 2 rings (SSSR count). The van der Waals surface area contributed by atoms with Crippen molar-refractivity contribution in [1.29, 1.82) is 0 Å². The highest BCUT2D eigenvalue weighted by Crippen LogP contribution is 2.26. The minimum Gasteiger partial charge on any atom is -0.383 e. The van der Waals surface area contributed by atoms with Crippen LogP contribution in [0, 0.1) is 5.92 Å². The van der Waals surface area contributed by atoms with Crippen LogP contribution >= 0.6 is 39.9 Å². The summed E-state index contributed by atoms with van der Waals surface area (Å²) in [5.74, 6) is 1.47. The number of nitrogens with zero attached hydrogens (tertiary/aromatic N) is 2. The molecule has 1 aliphatic rings. The lowest BCUT2D eigenvalue weighted by atomic mass is 10.1. The van der Waals surface area contributed by atoms with Crippen molar-refractivity contribution in [3.63, 3.8) is 0 Å². The molecule has 0 saturated carbocycles. The summed E-state index contributed by atoms with van der Waals surface area (Å²) in [6, 6.07) is 8.76. The van der Waals surface area contributed by atoms with E-state index in [1.165, 1.54) is 12.1 Å². The second-order valence-corrected chi connectivity index (χ2v) is 7.22. The molecule has 0 spiro atoms. The van der Waals surface area contributed by atoms with E-state index in [1.54, 1.807) is 7.11 Å². The van der Waals surface area contributed by atoms with E-state index in [2.05, 4.69) is 69.6 Å². The van der Waals surface area contributed by atoms with Crippen molar-refractivity contribution in [2.75, 3.05) is 44.8 Å². The van der Waals surface area contributed by atoms with E-state index in [1.807, 2.05) is 0 Å². The van der Waals surface area contributed by atoms with Crippen LogP contribution in [0.1, 0.15) is 20.3 Å². The van der Waals surface area contributed by atoms with E-state index in [0.29, 0.717) is 12.5 Å². The predicted molar refractivity (Wildman–Crippen MR) is 120 cm³/mol. The molecule has 142 valence electrons. The molecule has 2 N–H and O–H groups in total. The first-order chi connectivity index (χ1) is 11.6. The fraction of sp³-hybridized carbons (Fsp3) is 0.611. The lowest BCUT2D eigenvalue weighted by molar-refractivity contribution is 0.179. The first-order valence-corrected chi connectivity index (χ1v) is 9.46. The van der Waals surface area contributed by atoms with Gasteiger partial charge in [0.05, 0.1) is 6.61 Å². The van der Waals surface area contributed by atoms with E-state index in [0.717, 1.165) is 36.6 Å². The minimum absolute atomic E-state index is 0. The molecule has 0 bridgehead atoms. The molecule has 1 aromatic carbocycles. The number of halogens is 2. The van der Waals surface area contributed by atoms with Gasteiger partial charge in [-0.3, -0.25) is 4.99 Å². The van der Waals surface area contributed by atoms with Crippen molar-refractivity contribution in [3.05, 3.63) is 28.7 Å². The maximum Gasteiger partial charge on any atom is 0.191 e. The quantitative estimate of drug-likeness (QED) is 0.326. The zero-order chi connectivity index (χ0) is 17.4. The van der Waals surface area contributed by atoms with Gasteiger partial charge in [-0.1, -0.05) is 22.0 Å². The highest BCUT2D eigenvalue weighted by molar-refractivity contribution is 14.0. The van der Waals surface area contributed by atoms with E-state index in [4.69, 9.17) is 9.73 Å². The number of anilines is 1. The Balaban J connectivity index is 0.00000312. The van der Waals surface area contributed by atoms with Crippen LogP contribution in [0.15, 0.2) is 33.7 Å². The first kappa shape index (κ1) is 22.5. The summed E-state index contributed by atoms with van der Waals surface area (Å²) in [4.78, 5) is 7.21. The van der Waals surface area contributed by atoms with Crippen LogP contribution in [0.25, 0.3) is 0 Å². The molecule has 1 aromatic rings. The minimum atomic E-state index is 0. The molecule has 0 amide bonds. The van der Waals surface area contributed by atoms with E-state index in [9.17, 15) is 0 Å². The molecule has 2 unspecified atom stereocenters. The Morgan fingerprint density at radius 3 is 2.96 bits per heavy atom. The highest BCUT2D eigenvalue weighted by Gasteiger charge is 2.22. The van der Waals surface area contributed by atoms with Crippen molar-refractivity contribution >= 4 is 51.6 Å². The Hall–Kier alpha value is -0.540. The second kappa shape index (κ2) is 12.0. The largest absolute Gasteiger partial charge is 0.383 e. The molecular weight excluding hydrogens is 495 g/mol. The number of hydrogen-bond donors (Lipinski definition) is 2. The zero-order valence-electron chi connectivity index (χ0n) is 15.3. The van der Waals surface area contributed by atoms with Crippen molar-refractivity contribution in [2.24, 2.45) is 10.9 Å². The van der Waals surface area contributed by atoms with Crippen LogP contribution in [0.5, 0.6) is 0 Å². The van der Waals surface area contributed by atoms with Gasteiger partial charge in [-0.05, 0) is 44.4 Å². The smallest absolute Gasteiger partial charge is 0.191 e. The van der Waals surface area contributed by atoms with Gasteiger partial charge >= 0.3 is 0 Å². The number of rotatable bonds is 7. The molecule has 0 aromatic heterocycles. The number of methoxy groups -OCH3 is 1. The zero-order valence-corrected chi connectivity index (χ0v) is 19.2. The van der Waals surface area contributed by atoms with Crippen LogP contribution in [-0.4, -0.2) is 51.9 Å². The number of aliphatic imine (C=N–C) groups is 1. The molecule has 5 nitrogen and oxygen atoms in total. The third-order valence-electron chi connectivity index (χ3n) is 4.11. The fourth-order valence-electron chi connectivity index (χ4n) is 2.95. The molecule has 1 fully saturated rings. The van der Waals surface area contributed by atoms with E-state index in [-0.39, 0.29) is 30.0 Å². The summed E-state index contributed by atoms with van der Waals surface area (Å²) in [6.45, 7) is 8.72. The Kier molecular flexibility index (Phi) is 10.8. The van der Waals surface area contributed by atoms with Gasteiger partial charge in [-0.25, -0.2) is 0 Å². The molecule has 0 radical (unpaired) electrons. The number of nitrogens with one attached hydrogen (secondary N) is 2. The number of benzene rings is 1. The fourth-order valence-corrected chi connectivity index (χ4v) is 3.34. The van der Waals surface area contributed by atoms with Gasteiger partial charge in [0, 0.05) is 49.5 Å². The third-order valence-corrected chi connectivity index (χ3v) is 4.60. The maximum absolute atomic E-state index is 5.18. The first-order valence-electron chi connectivity index (χ1n) is 8.66. The van der Waals surface area contributed by atoms with Gasteiger partial charge in [0.25, 0.3) is 0 Å². The monoisotopic (exact) mass is 524 g/mol. The molecular formula is C18H30BrIN4O. The summed E-state index contributed by atoms with van der Waals surface area (Å²) in [5.41, 5.74) is 1.29. The summed E-state index contributed by atoms with van der Waals surface area (Å²) in [7, 11) is 1.72. The van der Waals surface area contributed by atoms with Gasteiger partial charge in [0.1, 0.15) is 0 Å². The Bertz CT molecular complexity index is 544. The van der Waals surface area contributed by atoms with Crippen molar-refractivity contribution in [1.82, 2.24) is 10.6 Å². The Morgan fingerprint density at radius 1 is 1.48 bits per heavy atom. The Labute approximate surface area is 177 Å². The SMILES string of the molecule is CCNC(=NCC1CCN(c2cccc(Br)c2)C1)NC(C)COC.I. The van der Waals surface area contributed by atoms with E-state index < -0.39 is 0 Å². The van der Waals surface area contributed by atoms with Gasteiger partial charge in [-0.15, -0.1) is 24.0 Å². The van der Waals surface area contributed by atoms with Gasteiger partial charge < -0.3 is 20.3 Å². The topological polar surface area (TPSA) is 48.9 Å². The molecule has 0 aliphatic carbocycles. The lowest BCUT2D eigenvalue weighted by Gasteiger charge is -2.19. The summed E-state index contributed by atoms with van der Waals surface area (Å²) >= 11 is 3.55. The van der Waals surface area contributed by atoms with Crippen molar-refractivity contribution in [3.8, 4) is 0 Å². The van der Waals surface area contributed by atoms with Crippen LogP contribution in [0.4, 0.5) is 5.69 Å².